The van der Waals surface area contributed by atoms with Gasteiger partial charge in [0.15, 0.2) is 0 Å². The minimum absolute atomic E-state index is 0. The largest absolute Gasteiger partial charge is 0.349 e. The molecule has 1 aliphatic rings. The Balaban J connectivity index is 0.00000364. The lowest BCUT2D eigenvalue weighted by molar-refractivity contribution is -0.128. The molecular weight excluding hydrogens is 386 g/mol. The van der Waals surface area contributed by atoms with Crippen LogP contribution in [0, 0.1) is 5.92 Å². The summed E-state index contributed by atoms with van der Waals surface area (Å²) in [5.41, 5.74) is 6.23. The zero-order chi connectivity index (χ0) is 19.2. The Hall–Kier alpha value is -1.15. The van der Waals surface area contributed by atoms with E-state index >= 15 is 0 Å². The van der Waals surface area contributed by atoms with Gasteiger partial charge in [0, 0.05) is 19.6 Å². The molecule has 0 bridgehead atoms. The molecule has 1 unspecified atom stereocenters. The Bertz CT molecular complexity index is 685. The summed E-state index contributed by atoms with van der Waals surface area (Å²) in [6.07, 6.45) is 2.92. The lowest BCUT2D eigenvalue weighted by Gasteiger charge is -2.36. The molecular formula is C19H32ClN3O3S. The van der Waals surface area contributed by atoms with Crippen LogP contribution in [0.1, 0.15) is 45.1 Å². The third-order valence-corrected chi connectivity index (χ3v) is 7.29. The third-order valence-electron chi connectivity index (χ3n) is 5.47. The summed E-state index contributed by atoms with van der Waals surface area (Å²) in [5.74, 6) is -0.434. The average molecular weight is 418 g/mol. The summed E-state index contributed by atoms with van der Waals surface area (Å²) in [5, 5.41) is 3.09. The van der Waals surface area contributed by atoms with Crippen LogP contribution >= 0.6 is 12.4 Å². The van der Waals surface area contributed by atoms with Gasteiger partial charge in [0.05, 0.1) is 17.2 Å². The van der Waals surface area contributed by atoms with E-state index in [2.05, 4.69) is 5.32 Å². The fourth-order valence-corrected chi connectivity index (χ4v) is 5.03. The van der Waals surface area contributed by atoms with Crippen LogP contribution in [0.3, 0.4) is 0 Å². The number of carbonyl (C=O) groups excluding carboxylic acids is 1. The van der Waals surface area contributed by atoms with Crippen LogP contribution in [0.2, 0.25) is 0 Å². The van der Waals surface area contributed by atoms with E-state index in [0.717, 1.165) is 18.4 Å². The van der Waals surface area contributed by atoms with Gasteiger partial charge in [0.25, 0.3) is 0 Å². The van der Waals surface area contributed by atoms with Crippen molar-refractivity contribution >= 4 is 28.3 Å². The fraction of sp³-hybridized carbons (Fsp3) is 0.632. The highest BCUT2D eigenvalue weighted by atomic mass is 35.5. The number of nitrogens with one attached hydrogen (secondary N) is 1. The van der Waals surface area contributed by atoms with Gasteiger partial charge < -0.3 is 11.1 Å². The molecule has 27 heavy (non-hydrogen) atoms. The van der Waals surface area contributed by atoms with Gasteiger partial charge in [-0.05, 0) is 31.2 Å². The SMILES string of the molecule is CCC(CC)(CN)NC(=O)C1CCCN(S(=O)(=O)Cc2ccccc2)C1.Cl. The molecule has 0 saturated carbocycles. The third kappa shape index (κ3) is 6.17. The lowest BCUT2D eigenvalue weighted by Crippen LogP contribution is -2.56. The van der Waals surface area contributed by atoms with Crippen molar-refractivity contribution in [2.45, 2.75) is 50.8 Å². The number of benzene rings is 1. The van der Waals surface area contributed by atoms with Gasteiger partial charge >= 0.3 is 0 Å². The summed E-state index contributed by atoms with van der Waals surface area (Å²) >= 11 is 0. The van der Waals surface area contributed by atoms with Crippen molar-refractivity contribution in [3.8, 4) is 0 Å². The molecule has 1 saturated heterocycles. The number of hydrogen-bond acceptors (Lipinski definition) is 4. The van der Waals surface area contributed by atoms with E-state index in [0.29, 0.717) is 25.9 Å². The van der Waals surface area contributed by atoms with Crippen molar-refractivity contribution in [3.63, 3.8) is 0 Å². The second-order valence-corrected chi connectivity index (χ2v) is 9.09. The molecule has 1 aliphatic heterocycles. The Morgan fingerprint density at radius 2 is 1.89 bits per heavy atom. The highest BCUT2D eigenvalue weighted by Gasteiger charge is 2.35. The second-order valence-electron chi connectivity index (χ2n) is 7.12. The molecule has 1 aromatic carbocycles. The summed E-state index contributed by atoms with van der Waals surface area (Å²) in [7, 11) is -3.43. The van der Waals surface area contributed by atoms with Crippen LogP contribution in [0.25, 0.3) is 0 Å². The monoisotopic (exact) mass is 417 g/mol. The maximum atomic E-state index is 12.8. The first kappa shape index (κ1) is 23.9. The molecule has 0 radical (unpaired) electrons. The number of halogens is 1. The summed E-state index contributed by atoms with van der Waals surface area (Å²) in [6, 6.07) is 9.15. The second kappa shape index (κ2) is 10.4. The average Bonchev–Trinajstić information content (AvgIpc) is 2.66. The Kier molecular flexibility index (Phi) is 9.21. The van der Waals surface area contributed by atoms with Crippen LogP contribution in [0.5, 0.6) is 0 Å². The number of hydrogen-bond donors (Lipinski definition) is 2. The van der Waals surface area contributed by atoms with E-state index in [1.807, 2.05) is 44.2 Å². The number of nitrogens with zero attached hydrogens (tertiary/aromatic N) is 1. The molecule has 1 heterocycles. The summed E-state index contributed by atoms with van der Waals surface area (Å²) in [4.78, 5) is 12.7. The minimum atomic E-state index is -3.43. The van der Waals surface area contributed by atoms with Gasteiger partial charge in [-0.3, -0.25) is 4.79 Å². The standard InChI is InChI=1S/C19H31N3O3S.ClH/c1-3-19(4-2,15-20)21-18(23)17-11-8-12-22(13-17)26(24,25)14-16-9-6-5-7-10-16;/h5-7,9-10,17H,3-4,8,11-15,20H2,1-2H3,(H,21,23);1H. The van der Waals surface area contributed by atoms with Crippen LogP contribution in [-0.2, 0) is 20.6 Å². The lowest BCUT2D eigenvalue weighted by atomic mass is 9.90. The smallest absolute Gasteiger partial charge is 0.224 e. The van der Waals surface area contributed by atoms with Crippen LogP contribution in [-0.4, -0.2) is 43.8 Å². The van der Waals surface area contributed by atoms with Gasteiger partial charge in [-0.2, -0.15) is 0 Å². The number of amides is 1. The Morgan fingerprint density at radius 3 is 2.44 bits per heavy atom. The van der Waals surface area contributed by atoms with Gasteiger partial charge in [-0.15, -0.1) is 12.4 Å². The van der Waals surface area contributed by atoms with Gasteiger partial charge in [-0.25, -0.2) is 12.7 Å². The van der Waals surface area contributed by atoms with E-state index in [9.17, 15) is 13.2 Å². The highest BCUT2D eigenvalue weighted by molar-refractivity contribution is 7.88. The molecule has 6 nitrogen and oxygen atoms in total. The Labute approximate surface area is 169 Å². The Morgan fingerprint density at radius 1 is 1.26 bits per heavy atom. The number of piperidine rings is 1. The van der Waals surface area contributed by atoms with Crippen molar-refractivity contribution in [2.75, 3.05) is 19.6 Å². The van der Waals surface area contributed by atoms with Crippen LogP contribution in [0.15, 0.2) is 30.3 Å². The minimum Gasteiger partial charge on any atom is -0.349 e. The molecule has 154 valence electrons. The van der Waals surface area contributed by atoms with E-state index in [4.69, 9.17) is 5.73 Å². The fourth-order valence-electron chi connectivity index (χ4n) is 3.42. The number of sulfonamides is 1. The van der Waals surface area contributed by atoms with Crippen molar-refractivity contribution in [1.29, 1.82) is 0 Å². The van der Waals surface area contributed by atoms with Gasteiger partial charge in [0.2, 0.25) is 15.9 Å². The maximum Gasteiger partial charge on any atom is 0.224 e. The molecule has 2 rings (SSSR count). The van der Waals surface area contributed by atoms with Crippen molar-refractivity contribution in [2.24, 2.45) is 11.7 Å². The van der Waals surface area contributed by atoms with Crippen molar-refractivity contribution in [3.05, 3.63) is 35.9 Å². The zero-order valence-corrected chi connectivity index (χ0v) is 17.8. The van der Waals surface area contributed by atoms with Crippen LogP contribution in [0.4, 0.5) is 0 Å². The van der Waals surface area contributed by atoms with Crippen LogP contribution < -0.4 is 11.1 Å². The molecule has 1 amide bonds. The summed E-state index contributed by atoms with van der Waals surface area (Å²) in [6.45, 7) is 5.12. The van der Waals surface area contributed by atoms with E-state index in [1.54, 1.807) is 0 Å². The van der Waals surface area contributed by atoms with E-state index in [-0.39, 0.29) is 36.5 Å². The molecule has 3 N–H and O–H groups in total. The number of carbonyl (C=O) groups is 1. The van der Waals surface area contributed by atoms with E-state index < -0.39 is 15.6 Å². The first-order valence-electron chi connectivity index (χ1n) is 9.39. The maximum absolute atomic E-state index is 12.8. The zero-order valence-electron chi connectivity index (χ0n) is 16.2. The van der Waals surface area contributed by atoms with Crippen molar-refractivity contribution in [1.82, 2.24) is 9.62 Å². The van der Waals surface area contributed by atoms with Gasteiger partial charge in [0.1, 0.15) is 0 Å². The predicted octanol–water partition coefficient (Wildman–Crippen LogP) is 2.28. The topological polar surface area (TPSA) is 92.5 Å². The molecule has 0 aliphatic carbocycles. The molecule has 1 fully saturated rings. The normalized spacial score (nSPS) is 18.6. The molecule has 1 atom stereocenters. The highest BCUT2D eigenvalue weighted by Crippen LogP contribution is 2.23. The first-order chi connectivity index (χ1) is 12.4. The van der Waals surface area contributed by atoms with Gasteiger partial charge in [-0.1, -0.05) is 44.2 Å². The molecule has 1 aromatic rings. The predicted molar refractivity (Wildman–Crippen MR) is 111 cm³/mol. The molecule has 0 aromatic heterocycles. The van der Waals surface area contributed by atoms with Crippen molar-refractivity contribution < 1.29 is 13.2 Å². The number of rotatable bonds is 8. The quantitative estimate of drug-likeness (QED) is 0.678. The first-order valence-corrected chi connectivity index (χ1v) is 11.0. The van der Waals surface area contributed by atoms with E-state index in [1.165, 1.54) is 4.31 Å². The summed E-state index contributed by atoms with van der Waals surface area (Å²) < 4.78 is 27.0. The number of nitrogens with two attached hydrogens (primary N) is 1. The molecule has 0 spiro atoms. The molecule has 8 heteroatoms.